The summed E-state index contributed by atoms with van der Waals surface area (Å²) in [5.41, 5.74) is -2.42. The van der Waals surface area contributed by atoms with Gasteiger partial charge in [0.15, 0.2) is 0 Å². The number of alkyl halides is 15. The molecular formula is C28H26F15IO3S. The number of hydrogen-bond donors (Lipinski definition) is 0. The van der Waals surface area contributed by atoms with Gasteiger partial charge in [-0.15, -0.1) is 0 Å². The van der Waals surface area contributed by atoms with Crippen LogP contribution in [0.5, 0.6) is 0 Å². The second-order valence-electron chi connectivity index (χ2n) is 12.9. The summed E-state index contributed by atoms with van der Waals surface area (Å²) in [6.07, 6.45) is -8.08. The molecule has 48 heavy (non-hydrogen) atoms. The van der Waals surface area contributed by atoms with Crippen LogP contribution in [-0.4, -0.2) is 54.9 Å². The van der Waals surface area contributed by atoms with Gasteiger partial charge in [-0.05, 0) is 0 Å². The van der Waals surface area contributed by atoms with Crippen molar-refractivity contribution in [2.75, 3.05) is 0 Å². The van der Waals surface area contributed by atoms with E-state index in [-0.39, 0.29) is 11.1 Å². The monoisotopic (exact) mass is 854 g/mol. The predicted octanol–water partition coefficient (Wildman–Crippen LogP) is 10.2. The molecule has 0 bridgehead atoms. The average molecular weight is 854 g/mol. The summed E-state index contributed by atoms with van der Waals surface area (Å²) in [4.78, 5) is 0. The predicted molar refractivity (Wildman–Crippen MR) is 150 cm³/mol. The fraction of sp³-hybridized carbons (Fsp3) is 0.571. The molecule has 2 aromatic rings. The van der Waals surface area contributed by atoms with E-state index in [1.807, 2.05) is 0 Å². The van der Waals surface area contributed by atoms with E-state index >= 15 is 26.3 Å². The molecular weight excluding hydrogens is 828 g/mol. The van der Waals surface area contributed by atoms with Crippen LogP contribution in [0.25, 0.3) is 0 Å². The Hall–Kier alpha value is -1.97. The topological polar surface area (TPSA) is 43.4 Å². The first-order chi connectivity index (χ1) is 21.1. The Labute approximate surface area is 272 Å². The summed E-state index contributed by atoms with van der Waals surface area (Å²) in [7, 11) is -8.61. The average Bonchev–Trinajstić information content (AvgIpc) is 2.89. The summed E-state index contributed by atoms with van der Waals surface area (Å²) >= 11 is -5.23. The third kappa shape index (κ3) is 5.13. The van der Waals surface area contributed by atoms with Gasteiger partial charge in [0.2, 0.25) is 0 Å². The molecule has 1 aliphatic rings. The van der Waals surface area contributed by atoms with Crippen molar-refractivity contribution in [1.82, 2.24) is 0 Å². The van der Waals surface area contributed by atoms with E-state index in [0.717, 1.165) is 24.3 Å². The summed E-state index contributed by atoms with van der Waals surface area (Å²) in [6.45, 7) is 8.56. The molecule has 274 valence electrons. The van der Waals surface area contributed by atoms with Crippen LogP contribution in [0, 0.1) is 7.14 Å². The molecule has 0 saturated heterocycles. The van der Waals surface area contributed by atoms with Crippen LogP contribution in [0.4, 0.5) is 65.9 Å². The molecule has 3 nitrogen and oxygen atoms in total. The van der Waals surface area contributed by atoms with Gasteiger partial charge in [0.25, 0.3) is 0 Å². The van der Waals surface area contributed by atoms with Crippen LogP contribution >= 0.6 is 20.2 Å². The minimum absolute atomic E-state index is 0.0462. The van der Waals surface area contributed by atoms with Crippen molar-refractivity contribution in [1.29, 1.82) is 0 Å². The van der Waals surface area contributed by atoms with Crippen molar-refractivity contribution in [2.45, 2.75) is 98.8 Å². The number of rotatable bonds is 6. The minimum atomic E-state index is -8.61. The Kier molecular flexibility index (Phi) is 9.50. The van der Waals surface area contributed by atoms with E-state index in [1.165, 1.54) is 65.8 Å². The maximum atomic E-state index is 15.5. The first-order valence-corrected chi connectivity index (χ1v) is 17.7. The van der Waals surface area contributed by atoms with Gasteiger partial charge in [-0.25, -0.2) is 0 Å². The van der Waals surface area contributed by atoms with Gasteiger partial charge in [0, 0.05) is 0 Å². The van der Waals surface area contributed by atoms with Crippen LogP contribution in [-0.2, 0) is 23.5 Å². The zero-order chi connectivity index (χ0) is 37.8. The van der Waals surface area contributed by atoms with E-state index in [2.05, 4.69) is 2.51 Å². The number of benzene rings is 2. The first kappa shape index (κ1) is 40.5. The van der Waals surface area contributed by atoms with Crippen molar-refractivity contribution >= 4 is 30.4 Å². The van der Waals surface area contributed by atoms with E-state index in [0.29, 0.717) is 0 Å². The Morgan fingerprint density at radius 2 is 0.833 bits per heavy atom. The molecule has 0 atom stereocenters. The van der Waals surface area contributed by atoms with Crippen LogP contribution in [0.15, 0.2) is 48.5 Å². The van der Waals surface area contributed by atoms with Gasteiger partial charge in [-0.2, -0.15) is 0 Å². The standard InChI is InChI=1S/C28H26F15IO3S/c1-19(2,3)15-11-7-9-13-17(15)44(18-14-10-8-12-16(18)20(4,5)6)47-48(45,46)21(24(33,34)28(41,42)43)22(29,30)25(35,36)27(39,40)26(37,38)23(21,31)32/h7-14H,1-6H3. The molecule has 1 saturated carbocycles. The third-order valence-electron chi connectivity index (χ3n) is 7.51. The third-order valence-corrected chi connectivity index (χ3v) is 15.8. The molecule has 0 amide bonds. The molecule has 1 fully saturated rings. The van der Waals surface area contributed by atoms with Crippen molar-refractivity contribution < 1.29 is 76.8 Å². The van der Waals surface area contributed by atoms with Crippen LogP contribution in [0.3, 0.4) is 0 Å². The van der Waals surface area contributed by atoms with Crippen LogP contribution in [0.2, 0.25) is 0 Å². The van der Waals surface area contributed by atoms with Crippen molar-refractivity contribution in [2.24, 2.45) is 0 Å². The quantitative estimate of drug-likeness (QED) is 0.215. The Bertz CT molecular complexity index is 1570. The molecule has 0 spiro atoms. The zero-order valence-corrected chi connectivity index (χ0v) is 28.3. The summed E-state index contributed by atoms with van der Waals surface area (Å²) < 4.78 is 243. The number of hydrogen-bond acceptors (Lipinski definition) is 3. The van der Waals surface area contributed by atoms with Gasteiger partial charge in [0.05, 0.1) is 0 Å². The fourth-order valence-corrected chi connectivity index (χ4v) is 14.9. The van der Waals surface area contributed by atoms with Gasteiger partial charge in [0.1, 0.15) is 0 Å². The Morgan fingerprint density at radius 1 is 0.542 bits per heavy atom. The fourth-order valence-electron chi connectivity index (χ4n) is 5.04. The van der Waals surface area contributed by atoms with Crippen molar-refractivity contribution in [3.8, 4) is 0 Å². The summed E-state index contributed by atoms with van der Waals surface area (Å²) in [5, 5.41) is 0. The maximum absolute atomic E-state index is 15.5. The van der Waals surface area contributed by atoms with E-state index in [9.17, 15) is 47.9 Å². The van der Waals surface area contributed by atoms with Crippen LogP contribution < -0.4 is 0 Å². The second kappa shape index (κ2) is 11.3. The molecule has 1 aliphatic carbocycles. The molecule has 0 aromatic heterocycles. The Morgan fingerprint density at radius 3 is 1.12 bits per heavy atom. The number of halogens is 16. The van der Waals surface area contributed by atoms with Crippen molar-refractivity contribution in [3.05, 3.63) is 66.8 Å². The summed E-state index contributed by atoms with van der Waals surface area (Å²) in [5.74, 6) is -50.1. The molecule has 0 N–H and O–H groups in total. The SMILES string of the molecule is CC(C)(C)c1ccccc1I(OS(=O)(=O)C1(C(F)(F)C(F)(F)F)C(F)(F)C(F)(F)C(F)(F)C(F)(F)C1(F)F)c1ccccc1C(C)(C)C. The van der Waals surface area contributed by atoms with E-state index < -0.39 is 94.8 Å². The zero-order valence-electron chi connectivity index (χ0n) is 25.3. The Balaban J connectivity index is 2.67. The molecule has 0 radical (unpaired) electrons. The van der Waals surface area contributed by atoms with Gasteiger partial charge >= 0.3 is 273 Å². The van der Waals surface area contributed by atoms with Crippen molar-refractivity contribution in [3.63, 3.8) is 0 Å². The summed E-state index contributed by atoms with van der Waals surface area (Å²) in [6, 6.07) is 9.08. The second-order valence-corrected chi connectivity index (χ2v) is 19.3. The van der Waals surface area contributed by atoms with Crippen LogP contribution in [0.1, 0.15) is 52.7 Å². The molecule has 2 aromatic carbocycles. The van der Waals surface area contributed by atoms with Gasteiger partial charge < -0.3 is 0 Å². The molecule has 3 rings (SSSR count). The molecule has 20 heteroatoms. The molecule has 0 heterocycles. The first-order valence-electron chi connectivity index (χ1n) is 13.2. The normalized spacial score (nSPS) is 22.2. The van der Waals surface area contributed by atoms with Gasteiger partial charge in [-0.1, -0.05) is 0 Å². The van der Waals surface area contributed by atoms with E-state index in [1.54, 1.807) is 0 Å². The molecule has 0 aliphatic heterocycles. The van der Waals surface area contributed by atoms with E-state index in [4.69, 9.17) is 0 Å². The van der Waals surface area contributed by atoms with Gasteiger partial charge in [-0.3, -0.25) is 0 Å². The molecule has 0 unspecified atom stereocenters.